The van der Waals surface area contributed by atoms with Crippen molar-refractivity contribution in [3.63, 3.8) is 0 Å². The van der Waals surface area contributed by atoms with E-state index < -0.39 is 23.5 Å². The van der Waals surface area contributed by atoms with Crippen LogP contribution in [0.4, 0.5) is 0 Å². The van der Waals surface area contributed by atoms with E-state index in [9.17, 15) is 19.5 Å². The highest BCUT2D eigenvalue weighted by Crippen LogP contribution is 2.13. The van der Waals surface area contributed by atoms with Crippen molar-refractivity contribution in [3.05, 3.63) is 57.8 Å². The zero-order valence-corrected chi connectivity index (χ0v) is 15.5. The number of aliphatic carboxylic acids is 1. The SMILES string of the molecule is CCC(C)C(NC(=O)c1cc(=O)[nH]c(Cc2ccc(OC)cc2)n1)C(=O)O. The normalized spacial score (nSPS) is 12.9. The van der Waals surface area contributed by atoms with Crippen molar-refractivity contribution >= 4 is 11.9 Å². The highest BCUT2D eigenvalue weighted by Gasteiger charge is 2.26. The van der Waals surface area contributed by atoms with Gasteiger partial charge >= 0.3 is 5.97 Å². The molecule has 0 radical (unpaired) electrons. The number of nitrogens with zero attached hydrogens (tertiary/aromatic N) is 1. The van der Waals surface area contributed by atoms with Gasteiger partial charge in [0, 0.05) is 12.5 Å². The quantitative estimate of drug-likeness (QED) is 0.646. The predicted octanol–water partition coefficient (Wildman–Crippen LogP) is 1.60. The molecule has 1 heterocycles. The van der Waals surface area contributed by atoms with Crippen molar-refractivity contribution in [3.8, 4) is 5.75 Å². The number of carbonyl (C=O) groups is 2. The summed E-state index contributed by atoms with van der Waals surface area (Å²) in [6.45, 7) is 3.57. The molecule has 0 spiro atoms. The van der Waals surface area contributed by atoms with Gasteiger partial charge in [-0.3, -0.25) is 9.59 Å². The zero-order chi connectivity index (χ0) is 20.0. The van der Waals surface area contributed by atoms with Gasteiger partial charge in [0.05, 0.1) is 7.11 Å². The van der Waals surface area contributed by atoms with Gasteiger partial charge in [-0.15, -0.1) is 0 Å². The van der Waals surface area contributed by atoms with Gasteiger partial charge in [-0.05, 0) is 23.6 Å². The van der Waals surface area contributed by atoms with Gasteiger partial charge in [0.25, 0.3) is 11.5 Å². The van der Waals surface area contributed by atoms with Crippen LogP contribution in [-0.2, 0) is 11.2 Å². The molecule has 1 aromatic heterocycles. The molecule has 0 aliphatic heterocycles. The Kier molecular flexibility index (Phi) is 6.70. The summed E-state index contributed by atoms with van der Waals surface area (Å²) in [5.41, 5.74) is 0.283. The summed E-state index contributed by atoms with van der Waals surface area (Å²) in [5.74, 6) is -1.05. The molecule has 0 aliphatic rings. The Balaban J connectivity index is 2.21. The van der Waals surface area contributed by atoms with Crippen molar-refractivity contribution < 1.29 is 19.4 Å². The van der Waals surface area contributed by atoms with E-state index in [2.05, 4.69) is 15.3 Å². The van der Waals surface area contributed by atoms with Crippen LogP contribution < -0.4 is 15.6 Å². The van der Waals surface area contributed by atoms with Gasteiger partial charge in [-0.25, -0.2) is 9.78 Å². The van der Waals surface area contributed by atoms with E-state index in [1.165, 1.54) is 0 Å². The minimum atomic E-state index is -1.12. The van der Waals surface area contributed by atoms with Crippen LogP contribution in [-0.4, -0.2) is 40.1 Å². The third kappa shape index (κ3) is 5.40. The van der Waals surface area contributed by atoms with Crippen LogP contribution in [0, 0.1) is 5.92 Å². The summed E-state index contributed by atoms with van der Waals surface area (Å²) >= 11 is 0. The average Bonchev–Trinajstić information content (AvgIpc) is 2.65. The largest absolute Gasteiger partial charge is 0.497 e. The molecule has 1 aromatic carbocycles. The van der Waals surface area contributed by atoms with Crippen LogP contribution in [0.2, 0.25) is 0 Å². The predicted molar refractivity (Wildman–Crippen MR) is 99.0 cm³/mol. The number of amides is 1. The van der Waals surface area contributed by atoms with Gasteiger partial charge < -0.3 is 20.1 Å². The fourth-order valence-electron chi connectivity index (χ4n) is 2.54. The fourth-order valence-corrected chi connectivity index (χ4v) is 2.54. The molecule has 0 aliphatic carbocycles. The van der Waals surface area contributed by atoms with Gasteiger partial charge in [-0.1, -0.05) is 32.4 Å². The summed E-state index contributed by atoms with van der Waals surface area (Å²) in [6, 6.07) is 7.24. The molecule has 2 rings (SSSR count). The Morgan fingerprint density at radius 1 is 1.30 bits per heavy atom. The topological polar surface area (TPSA) is 121 Å². The Bertz CT molecular complexity index is 860. The van der Waals surface area contributed by atoms with Gasteiger partial charge in [-0.2, -0.15) is 0 Å². The second-order valence-corrected chi connectivity index (χ2v) is 6.28. The summed E-state index contributed by atoms with van der Waals surface area (Å²) in [6.07, 6.45) is 0.900. The molecule has 0 bridgehead atoms. The Labute approximate surface area is 156 Å². The molecule has 27 heavy (non-hydrogen) atoms. The molecule has 0 saturated carbocycles. The lowest BCUT2D eigenvalue weighted by Crippen LogP contribution is -2.45. The molecule has 1 amide bonds. The van der Waals surface area contributed by atoms with E-state index in [0.717, 1.165) is 11.6 Å². The average molecular weight is 373 g/mol. The molecule has 2 atom stereocenters. The van der Waals surface area contributed by atoms with Crippen LogP contribution in [0.15, 0.2) is 35.1 Å². The highest BCUT2D eigenvalue weighted by atomic mass is 16.5. The van der Waals surface area contributed by atoms with Crippen molar-refractivity contribution in [1.29, 1.82) is 0 Å². The van der Waals surface area contributed by atoms with Crippen LogP contribution >= 0.6 is 0 Å². The lowest BCUT2D eigenvalue weighted by atomic mass is 9.99. The highest BCUT2D eigenvalue weighted by molar-refractivity contribution is 5.94. The van der Waals surface area contributed by atoms with Crippen LogP contribution in [0.5, 0.6) is 5.75 Å². The number of nitrogens with one attached hydrogen (secondary N) is 2. The van der Waals surface area contributed by atoms with E-state index in [1.807, 2.05) is 19.1 Å². The Morgan fingerprint density at radius 3 is 2.52 bits per heavy atom. The molecule has 0 saturated heterocycles. The van der Waals surface area contributed by atoms with E-state index in [0.29, 0.717) is 24.4 Å². The van der Waals surface area contributed by atoms with E-state index in [4.69, 9.17) is 4.74 Å². The maximum Gasteiger partial charge on any atom is 0.326 e. The third-order valence-corrected chi connectivity index (χ3v) is 4.32. The van der Waals surface area contributed by atoms with Gasteiger partial charge in [0.2, 0.25) is 0 Å². The van der Waals surface area contributed by atoms with Crippen molar-refractivity contribution in [2.45, 2.75) is 32.7 Å². The first-order valence-electron chi connectivity index (χ1n) is 8.60. The number of rotatable bonds is 8. The molecule has 3 N–H and O–H groups in total. The van der Waals surface area contributed by atoms with Crippen molar-refractivity contribution in [2.75, 3.05) is 7.11 Å². The second kappa shape index (κ2) is 8.98. The minimum absolute atomic E-state index is 0.114. The van der Waals surface area contributed by atoms with E-state index >= 15 is 0 Å². The Hall–Kier alpha value is -3.16. The maximum atomic E-state index is 12.4. The van der Waals surface area contributed by atoms with Gasteiger partial charge in [0.1, 0.15) is 23.3 Å². The van der Waals surface area contributed by atoms with E-state index in [1.54, 1.807) is 26.2 Å². The third-order valence-electron chi connectivity index (χ3n) is 4.32. The Morgan fingerprint density at radius 2 is 1.96 bits per heavy atom. The number of carboxylic acid groups (broad SMARTS) is 1. The molecular weight excluding hydrogens is 350 g/mol. The molecule has 8 heteroatoms. The molecule has 8 nitrogen and oxygen atoms in total. The first-order valence-corrected chi connectivity index (χ1v) is 8.60. The summed E-state index contributed by atoms with van der Waals surface area (Å²) in [5, 5.41) is 11.8. The molecule has 0 fully saturated rings. The standard InChI is InChI=1S/C19H23N3O5/c1-4-11(2)17(19(25)26)22-18(24)14-10-16(23)21-15(20-14)9-12-5-7-13(27-3)8-6-12/h5-8,10-11,17H,4,9H2,1-3H3,(H,22,24)(H,25,26)(H,20,21,23). The number of ether oxygens (including phenoxy) is 1. The lowest BCUT2D eigenvalue weighted by molar-refractivity contribution is -0.140. The number of benzene rings is 1. The van der Waals surface area contributed by atoms with Crippen LogP contribution in [0.3, 0.4) is 0 Å². The summed E-state index contributed by atoms with van der Waals surface area (Å²) in [7, 11) is 1.57. The summed E-state index contributed by atoms with van der Waals surface area (Å²) in [4.78, 5) is 42.5. The number of hydrogen-bond acceptors (Lipinski definition) is 5. The number of methoxy groups -OCH3 is 1. The second-order valence-electron chi connectivity index (χ2n) is 6.28. The first-order chi connectivity index (χ1) is 12.8. The summed E-state index contributed by atoms with van der Waals surface area (Å²) < 4.78 is 5.10. The van der Waals surface area contributed by atoms with Crippen molar-refractivity contribution in [2.24, 2.45) is 5.92 Å². The minimum Gasteiger partial charge on any atom is -0.497 e. The molecular formula is C19H23N3O5. The van der Waals surface area contributed by atoms with Gasteiger partial charge in [0.15, 0.2) is 0 Å². The van der Waals surface area contributed by atoms with Crippen LogP contribution in [0.1, 0.15) is 42.1 Å². The first kappa shape index (κ1) is 20.2. The number of aromatic amines is 1. The number of carboxylic acids is 1. The number of aromatic nitrogens is 2. The molecule has 2 unspecified atom stereocenters. The fraction of sp³-hybridized carbons (Fsp3) is 0.368. The molecule has 2 aromatic rings. The number of hydrogen-bond donors (Lipinski definition) is 3. The molecule has 144 valence electrons. The maximum absolute atomic E-state index is 12.4. The lowest BCUT2D eigenvalue weighted by Gasteiger charge is -2.19. The van der Waals surface area contributed by atoms with E-state index in [-0.39, 0.29) is 11.6 Å². The smallest absolute Gasteiger partial charge is 0.326 e. The monoisotopic (exact) mass is 373 g/mol. The number of H-pyrrole nitrogens is 1. The van der Waals surface area contributed by atoms with Crippen LogP contribution in [0.25, 0.3) is 0 Å². The number of carbonyl (C=O) groups excluding carboxylic acids is 1. The van der Waals surface area contributed by atoms with Crippen molar-refractivity contribution in [1.82, 2.24) is 15.3 Å². The zero-order valence-electron chi connectivity index (χ0n) is 15.5.